The molecule has 6 heteroatoms. The van der Waals surface area contributed by atoms with E-state index in [0.29, 0.717) is 41.0 Å². The van der Waals surface area contributed by atoms with Crippen molar-refractivity contribution in [1.29, 1.82) is 5.26 Å². The van der Waals surface area contributed by atoms with Gasteiger partial charge in [0.1, 0.15) is 30.3 Å². The number of rotatable bonds is 5. The van der Waals surface area contributed by atoms with E-state index in [1.807, 2.05) is 0 Å². The van der Waals surface area contributed by atoms with Crippen molar-refractivity contribution in [1.82, 2.24) is 0 Å². The number of hydrogen-bond donors (Lipinski definition) is 1. The largest absolute Gasteiger partial charge is 0.487 e. The summed E-state index contributed by atoms with van der Waals surface area (Å²) < 4.78 is 19.2. The van der Waals surface area contributed by atoms with Crippen LogP contribution >= 0.6 is 0 Å². The number of carboxylic acid groups (broad SMARTS) is 1. The lowest BCUT2D eigenvalue weighted by atomic mass is 10.0. The van der Waals surface area contributed by atoms with Crippen LogP contribution in [0.1, 0.15) is 29.5 Å². The Kier molecular flexibility index (Phi) is 4.75. The van der Waals surface area contributed by atoms with E-state index in [1.54, 1.807) is 36.4 Å². The standard InChI is InChI=1S/C19H15FN2O3/c20-15-4-2-1-3-13(15)11-25-18-8-5-12(9-14(18)10-21)16-6-7-17(22-16)19(23)24/h1-5,8-9,17H,6-7,11H2,(H,23,24)/t17-/m0/s1. The molecular weight excluding hydrogens is 323 g/mol. The average Bonchev–Trinajstić information content (AvgIpc) is 3.11. The Hall–Kier alpha value is -3.20. The van der Waals surface area contributed by atoms with Gasteiger partial charge in [0.2, 0.25) is 0 Å². The summed E-state index contributed by atoms with van der Waals surface area (Å²) in [5, 5.41) is 18.4. The molecule has 1 N–H and O–H groups in total. The average molecular weight is 338 g/mol. The van der Waals surface area contributed by atoms with Crippen LogP contribution in [0.4, 0.5) is 4.39 Å². The van der Waals surface area contributed by atoms with E-state index in [4.69, 9.17) is 9.84 Å². The van der Waals surface area contributed by atoms with Gasteiger partial charge in [-0.1, -0.05) is 18.2 Å². The quantitative estimate of drug-likeness (QED) is 0.906. The van der Waals surface area contributed by atoms with Gasteiger partial charge in [0.05, 0.1) is 5.56 Å². The maximum Gasteiger partial charge on any atom is 0.328 e. The molecule has 5 nitrogen and oxygen atoms in total. The summed E-state index contributed by atoms with van der Waals surface area (Å²) in [5.74, 6) is -0.958. The Balaban J connectivity index is 1.79. The fraction of sp³-hybridized carbons (Fsp3) is 0.211. The molecule has 1 heterocycles. The van der Waals surface area contributed by atoms with Crippen LogP contribution < -0.4 is 4.74 Å². The summed E-state index contributed by atoms with van der Waals surface area (Å²) in [6.45, 7) is 0.0166. The molecule has 0 unspecified atom stereocenters. The van der Waals surface area contributed by atoms with Crippen LogP contribution in [-0.2, 0) is 11.4 Å². The van der Waals surface area contributed by atoms with Gasteiger partial charge in [0.15, 0.2) is 0 Å². The Morgan fingerprint density at radius 3 is 2.84 bits per heavy atom. The monoisotopic (exact) mass is 338 g/mol. The second-order valence-corrected chi connectivity index (χ2v) is 5.67. The van der Waals surface area contributed by atoms with Crippen LogP contribution in [0.2, 0.25) is 0 Å². The normalized spacial score (nSPS) is 16.2. The molecule has 0 bridgehead atoms. The number of aliphatic carboxylic acids is 1. The van der Waals surface area contributed by atoms with Crippen molar-refractivity contribution in [2.45, 2.75) is 25.5 Å². The van der Waals surface area contributed by atoms with Crippen LogP contribution in [0.3, 0.4) is 0 Å². The number of benzene rings is 2. The van der Waals surface area contributed by atoms with Gasteiger partial charge >= 0.3 is 5.97 Å². The highest BCUT2D eigenvalue weighted by Crippen LogP contribution is 2.25. The summed E-state index contributed by atoms with van der Waals surface area (Å²) in [4.78, 5) is 15.2. The number of ether oxygens (including phenoxy) is 1. The van der Waals surface area contributed by atoms with E-state index < -0.39 is 12.0 Å². The van der Waals surface area contributed by atoms with E-state index in [-0.39, 0.29) is 12.4 Å². The molecule has 126 valence electrons. The SMILES string of the molecule is N#Cc1cc(C2=N[C@H](C(=O)O)CC2)ccc1OCc1ccccc1F. The van der Waals surface area contributed by atoms with Gasteiger partial charge in [-0.3, -0.25) is 4.99 Å². The molecule has 2 aromatic carbocycles. The number of halogens is 1. The summed E-state index contributed by atoms with van der Waals surface area (Å²) in [6.07, 6.45) is 1.01. The lowest BCUT2D eigenvalue weighted by Crippen LogP contribution is -2.13. The molecule has 1 atom stereocenters. The maximum atomic E-state index is 13.6. The third kappa shape index (κ3) is 3.66. The Morgan fingerprint density at radius 2 is 2.16 bits per heavy atom. The molecule has 3 rings (SSSR count). The minimum Gasteiger partial charge on any atom is -0.487 e. The van der Waals surface area contributed by atoms with Crippen molar-refractivity contribution < 1.29 is 19.0 Å². The number of nitriles is 1. The molecule has 2 aromatic rings. The minimum atomic E-state index is -0.944. The zero-order valence-corrected chi connectivity index (χ0v) is 13.3. The van der Waals surface area contributed by atoms with E-state index in [0.717, 1.165) is 0 Å². The number of carbonyl (C=O) groups is 1. The van der Waals surface area contributed by atoms with Crippen LogP contribution in [-0.4, -0.2) is 22.8 Å². The molecule has 0 aliphatic carbocycles. The van der Waals surface area contributed by atoms with Crippen molar-refractivity contribution in [3.8, 4) is 11.8 Å². The number of aliphatic imine (C=N–C) groups is 1. The summed E-state index contributed by atoms with van der Waals surface area (Å²) in [6, 6.07) is 12.6. The Bertz CT molecular complexity index is 886. The maximum absolute atomic E-state index is 13.6. The highest BCUT2D eigenvalue weighted by atomic mass is 19.1. The molecule has 0 amide bonds. The molecule has 25 heavy (non-hydrogen) atoms. The lowest BCUT2D eigenvalue weighted by Gasteiger charge is -2.10. The van der Waals surface area contributed by atoms with Crippen LogP contribution in [0.25, 0.3) is 0 Å². The Labute approximate surface area is 144 Å². The molecule has 0 saturated carbocycles. The highest BCUT2D eigenvalue weighted by Gasteiger charge is 2.24. The van der Waals surface area contributed by atoms with Crippen LogP contribution in [0, 0.1) is 17.1 Å². The third-order valence-electron chi connectivity index (χ3n) is 4.03. The van der Waals surface area contributed by atoms with Crippen molar-refractivity contribution in [3.05, 3.63) is 65.0 Å². The fourth-order valence-electron chi connectivity index (χ4n) is 2.68. The van der Waals surface area contributed by atoms with Crippen molar-refractivity contribution in [2.24, 2.45) is 4.99 Å². The van der Waals surface area contributed by atoms with Crippen molar-refractivity contribution >= 4 is 11.7 Å². The molecule has 0 fully saturated rings. The summed E-state index contributed by atoms with van der Waals surface area (Å²) in [7, 11) is 0. The first-order valence-electron chi connectivity index (χ1n) is 7.78. The first kappa shape index (κ1) is 16.7. The van der Waals surface area contributed by atoms with E-state index >= 15 is 0 Å². The molecule has 0 saturated heterocycles. The van der Waals surface area contributed by atoms with Gasteiger partial charge in [-0.05, 0) is 42.7 Å². The zero-order valence-electron chi connectivity index (χ0n) is 13.3. The first-order valence-corrected chi connectivity index (χ1v) is 7.78. The Morgan fingerprint density at radius 1 is 1.36 bits per heavy atom. The molecule has 0 aromatic heterocycles. The third-order valence-corrected chi connectivity index (χ3v) is 4.03. The van der Waals surface area contributed by atoms with Gasteiger partial charge in [-0.25, -0.2) is 9.18 Å². The lowest BCUT2D eigenvalue weighted by molar-refractivity contribution is -0.138. The number of carboxylic acids is 1. The number of nitrogens with zero attached hydrogens (tertiary/aromatic N) is 2. The highest BCUT2D eigenvalue weighted by molar-refractivity contribution is 6.03. The van der Waals surface area contributed by atoms with Crippen LogP contribution in [0.5, 0.6) is 5.75 Å². The molecule has 0 spiro atoms. The van der Waals surface area contributed by atoms with Crippen molar-refractivity contribution in [2.75, 3.05) is 0 Å². The molecule has 1 aliphatic rings. The summed E-state index contributed by atoms with van der Waals surface area (Å²) in [5.41, 5.74) is 2.08. The van der Waals surface area contributed by atoms with Gasteiger partial charge < -0.3 is 9.84 Å². The summed E-state index contributed by atoms with van der Waals surface area (Å²) >= 11 is 0. The predicted octanol–water partition coefficient (Wildman–Crippen LogP) is 3.31. The van der Waals surface area contributed by atoms with Crippen LogP contribution in [0.15, 0.2) is 47.5 Å². The first-order chi connectivity index (χ1) is 12.1. The zero-order chi connectivity index (χ0) is 17.8. The molecule has 1 aliphatic heterocycles. The van der Waals surface area contributed by atoms with E-state index in [9.17, 15) is 14.4 Å². The number of hydrogen-bond acceptors (Lipinski definition) is 4. The minimum absolute atomic E-state index is 0.0166. The second-order valence-electron chi connectivity index (χ2n) is 5.67. The predicted molar refractivity (Wildman–Crippen MR) is 89.1 cm³/mol. The topological polar surface area (TPSA) is 82.7 Å². The fourth-order valence-corrected chi connectivity index (χ4v) is 2.68. The van der Waals surface area contributed by atoms with E-state index in [2.05, 4.69) is 11.1 Å². The van der Waals surface area contributed by atoms with Gasteiger partial charge in [-0.15, -0.1) is 0 Å². The van der Waals surface area contributed by atoms with Crippen molar-refractivity contribution in [3.63, 3.8) is 0 Å². The second kappa shape index (κ2) is 7.14. The molecule has 0 radical (unpaired) electrons. The molecular formula is C19H15FN2O3. The smallest absolute Gasteiger partial charge is 0.328 e. The van der Waals surface area contributed by atoms with Gasteiger partial charge in [-0.2, -0.15) is 5.26 Å². The van der Waals surface area contributed by atoms with E-state index in [1.165, 1.54) is 6.07 Å². The van der Waals surface area contributed by atoms with Gasteiger partial charge in [0.25, 0.3) is 0 Å². The van der Waals surface area contributed by atoms with Gasteiger partial charge in [0, 0.05) is 11.3 Å².